The Morgan fingerprint density at radius 3 is 2.48 bits per heavy atom. The summed E-state index contributed by atoms with van der Waals surface area (Å²) in [5.74, 6) is -0.356. The molecule has 1 fully saturated rings. The maximum absolute atomic E-state index is 12.8. The van der Waals surface area contributed by atoms with Crippen molar-refractivity contribution in [2.75, 3.05) is 16.8 Å². The minimum Gasteiger partial charge on any atom is -0.444 e. The van der Waals surface area contributed by atoms with Crippen LogP contribution in [0.1, 0.15) is 40.6 Å². The minimum absolute atomic E-state index is 0.0687. The molecule has 8 heteroatoms. The Balaban J connectivity index is 1.51. The Bertz CT molecular complexity index is 1090. The van der Waals surface area contributed by atoms with E-state index in [1.807, 2.05) is 0 Å². The van der Waals surface area contributed by atoms with Gasteiger partial charge in [-0.05, 0) is 37.6 Å². The summed E-state index contributed by atoms with van der Waals surface area (Å²) in [7, 11) is 0. The quantitative estimate of drug-likeness (QED) is 0.612. The molecule has 0 aliphatic carbocycles. The lowest BCUT2D eigenvalue weighted by molar-refractivity contribution is -0.125. The van der Waals surface area contributed by atoms with Crippen LogP contribution in [0.3, 0.4) is 0 Å². The molecule has 158 valence electrons. The molecule has 2 aromatic carbocycles. The second-order valence-electron chi connectivity index (χ2n) is 7.20. The van der Waals surface area contributed by atoms with Gasteiger partial charge in [-0.2, -0.15) is 0 Å². The summed E-state index contributed by atoms with van der Waals surface area (Å²) >= 11 is 0. The Morgan fingerprint density at radius 1 is 1.13 bits per heavy atom. The number of carbonyl (C=O) groups excluding carboxylic acids is 3. The van der Waals surface area contributed by atoms with E-state index in [0.29, 0.717) is 24.3 Å². The summed E-state index contributed by atoms with van der Waals surface area (Å²) in [5.41, 5.74) is 1.53. The summed E-state index contributed by atoms with van der Waals surface area (Å²) in [4.78, 5) is 39.2. The number of hydrogen-bond acceptors (Lipinski definition) is 6. The lowest BCUT2D eigenvalue weighted by atomic mass is 10.1. The third-order valence-corrected chi connectivity index (χ3v) is 4.93. The van der Waals surface area contributed by atoms with Gasteiger partial charge in [0.25, 0.3) is 5.91 Å². The van der Waals surface area contributed by atoms with Gasteiger partial charge in [-0.15, -0.1) is 0 Å². The molecular weight excluding hydrogens is 398 g/mol. The molecule has 2 heterocycles. The molecule has 1 aliphatic heterocycles. The van der Waals surface area contributed by atoms with Crippen molar-refractivity contribution in [2.24, 2.45) is 0 Å². The van der Waals surface area contributed by atoms with Gasteiger partial charge >= 0.3 is 5.97 Å². The summed E-state index contributed by atoms with van der Waals surface area (Å²) < 4.78 is 10.5. The SMILES string of the molecule is Cc1cc(NC(=O)[C@@H](OC(=O)c2ccc(N3CCCC3=O)cc2)c2ccccc2)no1. The maximum Gasteiger partial charge on any atom is 0.339 e. The zero-order valence-corrected chi connectivity index (χ0v) is 16.9. The van der Waals surface area contributed by atoms with Crippen molar-refractivity contribution in [1.29, 1.82) is 0 Å². The summed E-state index contributed by atoms with van der Waals surface area (Å²) in [5, 5.41) is 6.35. The van der Waals surface area contributed by atoms with Crippen LogP contribution in [-0.2, 0) is 14.3 Å². The smallest absolute Gasteiger partial charge is 0.339 e. The molecule has 4 rings (SSSR count). The summed E-state index contributed by atoms with van der Waals surface area (Å²) in [6, 6.07) is 16.9. The fraction of sp³-hybridized carbons (Fsp3) is 0.217. The van der Waals surface area contributed by atoms with Crippen molar-refractivity contribution in [3.05, 3.63) is 77.6 Å². The van der Waals surface area contributed by atoms with Gasteiger partial charge in [-0.25, -0.2) is 4.79 Å². The van der Waals surface area contributed by atoms with Crippen molar-refractivity contribution in [2.45, 2.75) is 25.9 Å². The van der Waals surface area contributed by atoms with Gasteiger partial charge in [0.1, 0.15) is 5.76 Å². The number of benzene rings is 2. The molecule has 0 bridgehead atoms. The Morgan fingerprint density at radius 2 is 1.87 bits per heavy atom. The van der Waals surface area contributed by atoms with E-state index in [1.165, 1.54) is 0 Å². The van der Waals surface area contributed by atoms with E-state index in [4.69, 9.17) is 9.26 Å². The van der Waals surface area contributed by atoms with E-state index in [1.54, 1.807) is 72.5 Å². The average Bonchev–Trinajstić information content (AvgIpc) is 3.40. The first-order chi connectivity index (χ1) is 15.0. The highest BCUT2D eigenvalue weighted by Crippen LogP contribution is 2.24. The molecule has 1 aromatic heterocycles. The number of ether oxygens (including phenoxy) is 1. The van der Waals surface area contributed by atoms with E-state index >= 15 is 0 Å². The van der Waals surface area contributed by atoms with Crippen LogP contribution in [0.2, 0.25) is 0 Å². The molecule has 1 saturated heterocycles. The monoisotopic (exact) mass is 419 g/mol. The average molecular weight is 419 g/mol. The Labute approximate surface area is 178 Å². The van der Waals surface area contributed by atoms with Crippen molar-refractivity contribution in [1.82, 2.24) is 5.16 Å². The zero-order chi connectivity index (χ0) is 21.8. The molecule has 2 amide bonds. The van der Waals surface area contributed by atoms with Crippen LogP contribution in [-0.4, -0.2) is 29.5 Å². The summed E-state index contributed by atoms with van der Waals surface area (Å²) in [6.07, 6.45) is 0.176. The highest BCUT2D eigenvalue weighted by Gasteiger charge is 2.27. The number of nitrogens with zero attached hydrogens (tertiary/aromatic N) is 2. The summed E-state index contributed by atoms with van der Waals surface area (Å²) in [6.45, 7) is 2.37. The Kier molecular flexibility index (Phi) is 5.79. The van der Waals surface area contributed by atoms with Gasteiger partial charge in [0.15, 0.2) is 5.82 Å². The van der Waals surface area contributed by atoms with E-state index in [-0.39, 0.29) is 17.3 Å². The molecule has 1 atom stereocenters. The van der Waals surface area contributed by atoms with Crippen LogP contribution in [0.15, 0.2) is 65.2 Å². The van der Waals surface area contributed by atoms with Crippen LogP contribution in [0.4, 0.5) is 11.5 Å². The molecule has 0 unspecified atom stereocenters. The second kappa shape index (κ2) is 8.83. The fourth-order valence-corrected chi connectivity index (χ4v) is 3.39. The minimum atomic E-state index is -1.18. The van der Waals surface area contributed by atoms with Crippen LogP contribution in [0.25, 0.3) is 0 Å². The largest absolute Gasteiger partial charge is 0.444 e. The molecule has 8 nitrogen and oxygen atoms in total. The third-order valence-electron chi connectivity index (χ3n) is 4.93. The van der Waals surface area contributed by atoms with Crippen molar-refractivity contribution >= 4 is 29.3 Å². The van der Waals surface area contributed by atoms with Crippen LogP contribution < -0.4 is 10.2 Å². The molecular formula is C23H21N3O5. The number of hydrogen-bond donors (Lipinski definition) is 1. The number of aryl methyl sites for hydroxylation is 1. The number of rotatable bonds is 6. The van der Waals surface area contributed by atoms with E-state index in [0.717, 1.165) is 12.1 Å². The number of aromatic nitrogens is 1. The van der Waals surface area contributed by atoms with Gasteiger partial charge < -0.3 is 19.5 Å². The van der Waals surface area contributed by atoms with Gasteiger partial charge in [0.05, 0.1) is 5.56 Å². The molecule has 0 saturated carbocycles. The van der Waals surface area contributed by atoms with Gasteiger partial charge in [-0.3, -0.25) is 9.59 Å². The zero-order valence-electron chi connectivity index (χ0n) is 16.9. The Hall–Kier alpha value is -3.94. The predicted molar refractivity (Wildman–Crippen MR) is 112 cm³/mol. The van der Waals surface area contributed by atoms with Gasteiger partial charge in [0, 0.05) is 30.3 Å². The topological polar surface area (TPSA) is 102 Å². The molecule has 31 heavy (non-hydrogen) atoms. The normalized spacial score (nSPS) is 14.4. The maximum atomic E-state index is 12.8. The fourth-order valence-electron chi connectivity index (χ4n) is 3.39. The first kappa shape index (κ1) is 20.3. The first-order valence-electron chi connectivity index (χ1n) is 9.92. The van der Waals surface area contributed by atoms with Gasteiger partial charge in [-0.1, -0.05) is 35.5 Å². The first-order valence-corrected chi connectivity index (χ1v) is 9.92. The van der Waals surface area contributed by atoms with Gasteiger partial charge in [0.2, 0.25) is 12.0 Å². The standard InChI is InChI=1S/C23H21N3O5/c1-15-14-19(25-31-15)24-22(28)21(16-6-3-2-4-7-16)30-23(29)17-9-11-18(12-10-17)26-13-5-8-20(26)27/h2-4,6-7,9-12,14,21H,5,8,13H2,1H3,(H,24,25,28)/t21-/m0/s1. The lowest BCUT2D eigenvalue weighted by Crippen LogP contribution is -2.26. The molecule has 1 N–H and O–H groups in total. The van der Waals surface area contributed by atoms with Crippen molar-refractivity contribution in [3.63, 3.8) is 0 Å². The van der Waals surface area contributed by atoms with Crippen molar-refractivity contribution < 1.29 is 23.6 Å². The number of anilines is 2. The van der Waals surface area contributed by atoms with E-state index < -0.39 is 18.0 Å². The number of carbonyl (C=O) groups is 3. The van der Waals surface area contributed by atoms with E-state index in [2.05, 4.69) is 10.5 Å². The molecule has 0 spiro atoms. The third kappa shape index (κ3) is 4.63. The highest BCUT2D eigenvalue weighted by molar-refractivity contribution is 5.98. The molecule has 1 aliphatic rings. The molecule has 3 aromatic rings. The number of amides is 2. The lowest BCUT2D eigenvalue weighted by Gasteiger charge is -2.18. The van der Waals surface area contributed by atoms with Crippen molar-refractivity contribution in [3.8, 4) is 0 Å². The second-order valence-corrected chi connectivity index (χ2v) is 7.20. The number of esters is 1. The van der Waals surface area contributed by atoms with Crippen LogP contribution >= 0.6 is 0 Å². The van der Waals surface area contributed by atoms with Crippen LogP contribution in [0, 0.1) is 6.92 Å². The van der Waals surface area contributed by atoms with E-state index in [9.17, 15) is 14.4 Å². The molecule has 0 radical (unpaired) electrons. The number of nitrogens with one attached hydrogen (secondary N) is 1. The highest BCUT2D eigenvalue weighted by atomic mass is 16.5. The predicted octanol–water partition coefficient (Wildman–Crippen LogP) is 3.65. The van der Waals surface area contributed by atoms with Crippen LogP contribution in [0.5, 0.6) is 0 Å².